The van der Waals surface area contributed by atoms with Gasteiger partial charge in [-0.25, -0.2) is 10.3 Å². The van der Waals surface area contributed by atoms with E-state index in [1.807, 2.05) is 52.0 Å². The molecule has 1 N–H and O–H groups in total. The largest absolute Gasteiger partial charge is 0.424 e. The topological polar surface area (TPSA) is 90.0 Å². The Hall–Kier alpha value is -2.68. The average molecular weight is 502 g/mol. The fourth-order valence-electron chi connectivity index (χ4n) is 4.06. The predicted octanol–water partition coefficient (Wildman–Crippen LogP) is 4.97. The Morgan fingerprint density at radius 2 is 1.97 bits per heavy atom. The van der Waals surface area contributed by atoms with Crippen LogP contribution in [0.1, 0.15) is 62.1 Å². The van der Waals surface area contributed by atoms with E-state index in [0.29, 0.717) is 36.1 Å². The molecule has 2 amide bonds. The quantitative estimate of drug-likeness (QED) is 0.327. The molecule has 3 atom stereocenters. The minimum atomic E-state index is -0.302. The molecule has 1 aliphatic heterocycles. The van der Waals surface area contributed by atoms with Gasteiger partial charge in [-0.1, -0.05) is 23.7 Å². The third-order valence-electron chi connectivity index (χ3n) is 6.69. The summed E-state index contributed by atoms with van der Waals surface area (Å²) < 4.78 is 11.9. The third kappa shape index (κ3) is 5.77. The summed E-state index contributed by atoms with van der Waals surface area (Å²) in [6, 6.07) is 7.20. The van der Waals surface area contributed by atoms with Crippen molar-refractivity contribution in [3.8, 4) is 5.75 Å². The van der Waals surface area contributed by atoms with Crippen LogP contribution in [-0.4, -0.2) is 41.1 Å². The fourth-order valence-corrected chi connectivity index (χ4v) is 4.19. The van der Waals surface area contributed by atoms with Crippen molar-refractivity contribution in [2.45, 2.75) is 58.8 Å². The van der Waals surface area contributed by atoms with Gasteiger partial charge in [-0.3, -0.25) is 14.6 Å². The van der Waals surface area contributed by atoms with E-state index < -0.39 is 0 Å². The Bertz CT molecular complexity index is 1100. The van der Waals surface area contributed by atoms with Gasteiger partial charge >= 0.3 is 12.0 Å². The maximum Gasteiger partial charge on any atom is 0.341 e. The first-order chi connectivity index (χ1) is 16.6. The second-order valence-electron chi connectivity index (χ2n) is 10.1. The number of nitrogens with one attached hydrogen (secondary N) is 1. The zero-order valence-electron chi connectivity index (χ0n) is 20.8. The smallest absolute Gasteiger partial charge is 0.341 e. The van der Waals surface area contributed by atoms with E-state index in [9.17, 15) is 9.59 Å². The summed E-state index contributed by atoms with van der Waals surface area (Å²) in [6.07, 6.45) is 2.91. The van der Waals surface area contributed by atoms with E-state index in [0.717, 1.165) is 23.1 Å². The summed E-state index contributed by atoms with van der Waals surface area (Å²) in [7, 11) is 1.71. The first kappa shape index (κ1) is 25.4. The second kappa shape index (κ2) is 10.1. The van der Waals surface area contributed by atoms with Crippen molar-refractivity contribution < 1.29 is 23.9 Å². The number of carbonyl (C=O) groups excluding carboxylic acids is 2. The number of amides is 2. The molecule has 2 heterocycles. The lowest BCUT2D eigenvalue weighted by Crippen LogP contribution is -2.47. The number of benzene rings is 1. The van der Waals surface area contributed by atoms with Crippen LogP contribution in [0.15, 0.2) is 30.5 Å². The van der Waals surface area contributed by atoms with Gasteiger partial charge < -0.3 is 14.4 Å². The highest BCUT2D eigenvalue weighted by atomic mass is 35.5. The van der Waals surface area contributed by atoms with E-state index in [4.69, 9.17) is 25.9 Å². The van der Waals surface area contributed by atoms with Crippen LogP contribution in [0.25, 0.3) is 0 Å². The molecule has 2 aromatic rings. The van der Waals surface area contributed by atoms with Crippen LogP contribution in [-0.2, 0) is 21.0 Å². The van der Waals surface area contributed by atoms with Gasteiger partial charge in [0.25, 0.3) is 0 Å². The van der Waals surface area contributed by atoms with Gasteiger partial charge in [-0.2, -0.15) is 0 Å². The number of fused-ring (bicyclic) bond motifs is 1. The van der Waals surface area contributed by atoms with E-state index in [1.165, 1.54) is 0 Å². The van der Waals surface area contributed by atoms with Crippen LogP contribution in [0.5, 0.6) is 5.75 Å². The van der Waals surface area contributed by atoms with Crippen molar-refractivity contribution in [2.75, 3.05) is 13.7 Å². The SMILES string of the molecule is Cc1ncc2c(c1OC(=O)[C@@H]1C[C@H]1CCONC(=O)N(C)C(C)(C)C)CO[C@H]2c1ccc(Cl)cc1. The number of pyridine rings is 1. The molecule has 0 spiro atoms. The molecule has 0 bridgehead atoms. The van der Waals surface area contributed by atoms with E-state index >= 15 is 0 Å². The molecule has 1 fully saturated rings. The minimum absolute atomic E-state index is 0.169. The number of urea groups is 1. The second-order valence-corrected chi connectivity index (χ2v) is 10.6. The summed E-state index contributed by atoms with van der Waals surface area (Å²) in [5.74, 6) is 0.210. The summed E-state index contributed by atoms with van der Waals surface area (Å²) in [6.45, 7) is 8.33. The lowest BCUT2D eigenvalue weighted by molar-refractivity contribution is -0.136. The van der Waals surface area contributed by atoms with Gasteiger partial charge in [-0.05, 0) is 64.2 Å². The van der Waals surface area contributed by atoms with Gasteiger partial charge in [-0.15, -0.1) is 0 Å². The molecule has 1 saturated carbocycles. The van der Waals surface area contributed by atoms with E-state index in [-0.39, 0.29) is 35.5 Å². The number of esters is 1. The highest BCUT2D eigenvalue weighted by molar-refractivity contribution is 6.30. The fraction of sp³-hybridized carbons (Fsp3) is 0.500. The summed E-state index contributed by atoms with van der Waals surface area (Å²) in [5, 5.41) is 0.660. The number of carbonyl (C=O) groups is 2. The van der Waals surface area contributed by atoms with Crippen LogP contribution in [0.2, 0.25) is 5.02 Å². The zero-order chi connectivity index (χ0) is 25.3. The number of rotatable bonds is 7. The summed E-state index contributed by atoms with van der Waals surface area (Å²) >= 11 is 6.01. The Labute approximate surface area is 210 Å². The lowest BCUT2D eigenvalue weighted by Gasteiger charge is -2.31. The molecule has 9 heteroatoms. The van der Waals surface area contributed by atoms with Crippen molar-refractivity contribution in [3.63, 3.8) is 0 Å². The molecule has 1 aromatic heterocycles. The number of halogens is 1. The molecule has 0 unspecified atom stereocenters. The van der Waals surface area contributed by atoms with Crippen molar-refractivity contribution in [1.82, 2.24) is 15.4 Å². The number of aryl methyl sites for hydroxylation is 1. The molecule has 188 valence electrons. The first-order valence-corrected chi connectivity index (χ1v) is 12.2. The van der Waals surface area contributed by atoms with Gasteiger partial charge in [0, 0.05) is 34.9 Å². The van der Waals surface area contributed by atoms with Crippen LogP contribution in [0.3, 0.4) is 0 Å². The Balaban J connectivity index is 1.30. The highest BCUT2D eigenvalue weighted by Crippen LogP contribution is 2.45. The van der Waals surface area contributed by atoms with E-state index in [1.54, 1.807) is 18.1 Å². The monoisotopic (exact) mass is 501 g/mol. The molecule has 35 heavy (non-hydrogen) atoms. The zero-order valence-corrected chi connectivity index (χ0v) is 21.5. The maximum atomic E-state index is 12.8. The number of nitrogens with zero attached hydrogens (tertiary/aromatic N) is 2. The van der Waals surface area contributed by atoms with E-state index in [2.05, 4.69) is 10.5 Å². The van der Waals surface area contributed by atoms with Crippen molar-refractivity contribution in [1.29, 1.82) is 0 Å². The van der Waals surface area contributed by atoms with Gasteiger partial charge in [0.2, 0.25) is 0 Å². The molecule has 0 saturated heterocycles. The maximum absolute atomic E-state index is 12.8. The van der Waals surface area contributed by atoms with Crippen LogP contribution < -0.4 is 10.2 Å². The standard InChI is InChI=1S/C26H32ClN3O5/c1-15-22(21-14-33-23(20(21)13-28-15)16-6-8-18(27)9-7-16)35-24(31)19-12-17(19)10-11-34-29-25(32)30(5)26(2,3)4/h6-9,13,17,19,23H,10-12,14H2,1-5H3,(H,29,32)/t17-,19-,23+/m1/s1. The van der Waals surface area contributed by atoms with Crippen molar-refractivity contribution >= 4 is 23.6 Å². The summed E-state index contributed by atoms with van der Waals surface area (Å²) in [4.78, 5) is 36.3. The molecule has 4 rings (SSSR count). The molecule has 8 nitrogen and oxygen atoms in total. The van der Waals surface area contributed by atoms with Gasteiger partial charge in [0.15, 0.2) is 5.75 Å². The minimum Gasteiger partial charge on any atom is -0.424 e. The number of hydroxylamine groups is 1. The normalized spacial score (nSPS) is 20.8. The predicted molar refractivity (Wildman–Crippen MR) is 131 cm³/mol. The lowest BCUT2D eigenvalue weighted by atomic mass is 10.0. The Morgan fingerprint density at radius 3 is 2.66 bits per heavy atom. The molecule has 1 aliphatic carbocycles. The summed E-state index contributed by atoms with van der Waals surface area (Å²) in [5.41, 5.74) is 5.54. The molecule has 0 radical (unpaired) electrons. The molecule has 2 aliphatic rings. The number of ether oxygens (including phenoxy) is 2. The molecular weight excluding hydrogens is 470 g/mol. The first-order valence-electron chi connectivity index (χ1n) is 11.8. The van der Waals surface area contributed by atoms with Gasteiger partial charge in [0.1, 0.15) is 6.10 Å². The molecule has 1 aromatic carbocycles. The number of aromatic nitrogens is 1. The van der Waals surface area contributed by atoms with Crippen molar-refractivity contribution in [3.05, 3.63) is 57.9 Å². The van der Waals surface area contributed by atoms with Crippen LogP contribution >= 0.6 is 11.6 Å². The average Bonchev–Trinajstić information content (AvgIpc) is 3.47. The van der Waals surface area contributed by atoms with Crippen LogP contribution in [0.4, 0.5) is 4.79 Å². The third-order valence-corrected chi connectivity index (χ3v) is 6.94. The van der Waals surface area contributed by atoms with Gasteiger partial charge in [0.05, 0.1) is 24.8 Å². The number of hydrogen-bond acceptors (Lipinski definition) is 6. The Morgan fingerprint density at radius 1 is 1.26 bits per heavy atom. The van der Waals surface area contributed by atoms with Crippen molar-refractivity contribution in [2.24, 2.45) is 11.8 Å². The highest BCUT2D eigenvalue weighted by Gasteiger charge is 2.44. The Kier molecular flexibility index (Phi) is 7.35. The molecular formula is C26H32ClN3O5. The van der Waals surface area contributed by atoms with Crippen LogP contribution in [0, 0.1) is 18.8 Å². The number of hydrogen-bond donors (Lipinski definition) is 1.